The van der Waals surface area contributed by atoms with Crippen LogP contribution in [-0.2, 0) is 0 Å². The largest absolute Gasteiger partial charge is 0.395 e. The fourth-order valence-electron chi connectivity index (χ4n) is 3.21. The molecule has 0 amide bonds. The van der Waals surface area contributed by atoms with Gasteiger partial charge in [0.05, 0.1) is 11.5 Å². The van der Waals surface area contributed by atoms with Gasteiger partial charge in [-0.1, -0.05) is 36.1 Å². The van der Waals surface area contributed by atoms with E-state index in [1.165, 1.54) is 35.6 Å². The molecule has 4 aromatic rings. The summed E-state index contributed by atoms with van der Waals surface area (Å²) in [4.78, 5) is 5.86. The van der Waals surface area contributed by atoms with Crippen molar-refractivity contribution in [3.63, 3.8) is 0 Å². The van der Waals surface area contributed by atoms with Crippen LogP contribution in [0.15, 0.2) is 73.1 Å². The lowest BCUT2D eigenvalue weighted by molar-refractivity contribution is 0.305. The van der Waals surface area contributed by atoms with Crippen molar-refractivity contribution in [2.24, 2.45) is 0 Å². The Kier molecular flexibility index (Phi) is 5.99. The number of aliphatic hydroxyl groups is 1. The fourth-order valence-corrected chi connectivity index (χ4v) is 4.43. The molecule has 1 N–H and O–H groups in total. The summed E-state index contributed by atoms with van der Waals surface area (Å²) in [7, 11) is 0. The molecule has 0 bridgehead atoms. The molecule has 0 fully saturated rings. The summed E-state index contributed by atoms with van der Waals surface area (Å²) in [5.41, 5.74) is 4.47. The monoisotopic (exact) mass is 417 g/mol. The first-order chi connectivity index (χ1) is 14.7. The van der Waals surface area contributed by atoms with E-state index >= 15 is 0 Å². The van der Waals surface area contributed by atoms with E-state index in [0.29, 0.717) is 6.42 Å². The van der Waals surface area contributed by atoms with Crippen molar-refractivity contribution < 1.29 is 13.9 Å². The standard InChI is InChI=1S/C25H17F2NOS/c26-20-8-4-17(5-9-20)23-22(3-1-2-16-29)30-25(19-6-10-21(27)11-7-19)24(23)18-12-14-28-15-13-18/h4-15,29H,2,16H2. The zero-order chi connectivity index (χ0) is 20.9. The van der Waals surface area contributed by atoms with E-state index < -0.39 is 0 Å². The van der Waals surface area contributed by atoms with Gasteiger partial charge in [-0.25, -0.2) is 8.78 Å². The molecule has 2 nitrogen and oxygen atoms in total. The van der Waals surface area contributed by atoms with E-state index in [9.17, 15) is 8.78 Å². The van der Waals surface area contributed by atoms with E-state index in [1.807, 2.05) is 12.1 Å². The lowest BCUT2D eigenvalue weighted by atomic mass is 9.93. The Bertz CT molecular complexity index is 1200. The average Bonchev–Trinajstić information content (AvgIpc) is 3.15. The third-order valence-electron chi connectivity index (χ3n) is 4.56. The quantitative estimate of drug-likeness (QED) is 0.404. The molecule has 0 saturated heterocycles. The highest BCUT2D eigenvalue weighted by atomic mass is 32.1. The van der Waals surface area contributed by atoms with E-state index in [-0.39, 0.29) is 18.2 Å². The number of nitrogens with zero attached hydrogens (tertiary/aromatic N) is 1. The zero-order valence-electron chi connectivity index (χ0n) is 15.9. The van der Waals surface area contributed by atoms with Crippen molar-refractivity contribution in [3.8, 4) is 44.5 Å². The number of aliphatic hydroxyl groups excluding tert-OH is 1. The fraction of sp³-hybridized carbons (Fsp3) is 0.0800. The van der Waals surface area contributed by atoms with Crippen molar-refractivity contribution in [2.45, 2.75) is 6.42 Å². The minimum atomic E-state index is -0.314. The Morgan fingerprint density at radius 1 is 0.767 bits per heavy atom. The number of rotatable bonds is 4. The van der Waals surface area contributed by atoms with Gasteiger partial charge in [0.25, 0.3) is 0 Å². The van der Waals surface area contributed by atoms with Gasteiger partial charge in [-0.15, -0.1) is 11.3 Å². The second-order valence-electron chi connectivity index (χ2n) is 6.54. The number of thiophene rings is 1. The van der Waals surface area contributed by atoms with Gasteiger partial charge in [-0.3, -0.25) is 4.98 Å². The van der Waals surface area contributed by atoms with Gasteiger partial charge < -0.3 is 5.11 Å². The number of pyridine rings is 1. The number of benzene rings is 2. The van der Waals surface area contributed by atoms with Crippen molar-refractivity contribution in [1.82, 2.24) is 4.98 Å². The smallest absolute Gasteiger partial charge is 0.123 e. The molecule has 0 spiro atoms. The van der Waals surface area contributed by atoms with Crippen LogP contribution < -0.4 is 0 Å². The first-order valence-electron chi connectivity index (χ1n) is 9.36. The van der Waals surface area contributed by atoms with Gasteiger partial charge in [0, 0.05) is 34.8 Å². The number of halogens is 2. The lowest BCUT2D eigenvalue weighted by Crippen LogP contribution is -1.87. The van der Waals surface area contributed by atoms with Gasteiger partial charge in [-0.05, 0) is 53.1 Å². The minimum absolute atomic E-state index is 0.0215. The van der Waals surface area contributed by atoms with Crippen LogP contribution in [0.2, 0.25) is 0 Å². The maximum Gasteiger partial charge on any atom is 0.123 e. The maximum atomic E-state index is 13.6. The zero-order valence-corrected chi connectivity index (χ0v) is 16.7. The molecule has 0 atom stereocenters. The predicted molar refractivity (Wildman–Crippen MR) is 117 cm³/mol. The van der Waals surface area contributed by atoms with E-state index in [4.69, 9.17) is 5.11 Å². The minimum Gasteiger partial charge on any atom is -0.395 e. The molecule has 148 valence electrons. The highest BCUT2D eigenvalue weighted by molar-refractivity contribution is 7.17. The molecule has 0 aliphatic rings. The van der Waals surface area contributed by atoms with Gasteiger partial charge in [0.2, 0.25) is 0 Å². The molecule has 5 heteroatoms. The van der Waals surface area contributed by atoms with Crippen LogP contribution in [0.4, 0.5) is 8.78 Å². The summed E-state index contributed by atoms with van der Waals surface area (Å²) < 4.78 is 27.1. The maximum absolute atomic E-state index is 13.6. The third-order valence-corrected chi connectivity index (χ3v) is 5.71. The van der Waals surface area contributed by atoms with E-state index in [2.05, 4.69) is 16.8 Å². The van der Waals surface area contributed by atoms with Crippen molar-refractivity contribution >= 4 is 11.3 Å². The number of aromatic nitrogens is 1. The van der Waals surface area contributed by atoms with Crippen LogP contribution in [-0.4, -0.2) is 16.7 Å². The van der Waals surface area contributed by atoms with Gasteiger partial charge in [-0.2, -0.15) is 0 Å². The highest BCUT2D eigenvalue weighted by Gasteiger charge is 2.21. The first kappa shape index (κ1) is 20.0. The first-order valence-corrected chi connectivity index (χ1v) is 10.2. The molecule has 0 aliphatic heterocycles. The van der Waals surface area contributed by atoms with Gasteiger partial charge >= 0.3 is 0 Å². The summed E-state index contributed by atoms with van der Waals surface area (Å²) in [6, 6.07) is 16.5. The topological polar surface area (TPSA) is 33.1 Å². The van der Waals surface area contributed by atoms with Crippen LogP contribution in [0, 0.1) is 23.5 Å². The summed E-state index contributed by atoms with van der Waals surface area (Å²) in [5.74, 6) is 5.54. The summed E-state index contributed by atoms with van der Waals surface area (Å²) in [5, 5.41) is 9.12. The number of hydrogen-bond acceptors (Lipinski definition) is 3. The van der Waals surface area contributed by atoms with E-state index in [1.54, 1.807) is 36.7 Å². The summed E-state index contributed by atoms with van der Waals surface area (Å²) in [6.07, 6.45) is 3.79. The van der Waals surface area contributed by atoms with Gasteiger partial charge in [0.15, 0.2) is 0 Å². The molecular weight excluding hydrogens is 400 g/mol. The summed E-state index contributed by atoms with van der Waals surface area (Å²) >= 11 is 1.50. The Balaban J connectivity index is 2.03. The summed E-state index contributed by atoms with van der Waals surface area (Å²) in [6.45, 7) is -0.0215. The number of hydrogen-bond donors (Lipinski definition) is 1. The molecule has 0 aliphatic carbocycles. The highest BCUT2D eigenvalue weighted by Crippen LogP contribution is 2.47. The molecule has 0 saturated carbocycles. The van der Waals surface area contributed by atoms with Crippen molar-refractivity contribution in [3.05, 3.63) is 89.6 Å². The van der Waals surface area contributed by atoms with E-state index in [0.717, 1.165) is 37.6 Å². The Morgan fingerprint density at radius 2 is 1.33 bits per heavy atom. The van der Waals surface area contributed by atoms with Crippen LogP contribution in [0.3, 0.4) is 0 Å². The molecule has 0 unspecified atom stereocenters. The van der Waals surface area contributed by atoms with Crippen LogP contribution in [0.25, 0.3) is 32.7 Å². The molecule has 2 heterocycles. The van der Waals surface area contributed by atoms with Crippen molar-refractivity contribution in [2.75, 3.05) is 6.61 Å². The molecule has 2 aromatic carbocycles. The second-order valence-corrected chi connectivity index (χ2v) is 7.56. The van der Waals surface area contributed by atoms with Crippen molar-refractivity contribution in [1.29, 1.82) is 0 Å². The Labute approximate surface area is 177 Å². The normalized spacial score (nSPS) is 10.5. The molecule has 0 radical (unpaired) electrons. The Hall–Kier alpha value is -3.33. The molecule has 2 aromatic heterocycles. The third kappa shape index (κ3) is 4.16. The average molecular weight is 417 g/mol. The van der Waals surface area contributed by atoms with Crippen LogP contribution in [0.1, 0.15) is 11.3 Å². The predicted octanol–water partition coefficient (Wildman–Crippen LogP) is 6.16. The Morgan fingerprint density at radius 3 is 1.93 bits per heavy atom. The molecule has 30 heavy (non-hydrogen) atoms. The second kappa shape index (κ2) is 9.00. The molecular formula is C25H17F2NOS. The SMILES string of the molecule is OCCC#Cc1sc(-c2ccc(F)cc2)c(-c2ccncc2)c1-c1ccc(F)cc1. The van der Waals surface area contributed by atoms with Gasteiger partial charge in [0.1, 0.15) is 11.6 Å². The molecule has 4 rings (SSSR count). The van der Waals surface area contributed by atoms with Crippen LogP contribution >= 0.6 is 11.3 Å². The van der Waals surface area contributed by atoms with Crippen LogP contribution in [0.5, 0.6) is 0 Å². The lowest BCUT2D eigenvalue weighted by Gasteiger charge is -2.09.